The van der Waals surface area contributed by atoms with Gasteiger partial charge in [0.1, 0.15) is 0 Å². The van der Waals surface area contributed by atoms with E-state index in [-0.39, 0.29) is 18.9 Å². The van der Waals surface area contributed by atoms with Crippen LogP contribution in [0.1, 0.15) is 16.8 Å². The maximum absolute atomic E-state index is 11.8. The third-order valence-electron chi connectivity index (χ3n) is 3.00. The minimum atomic E-state index is -0.484. The van der Waals surface area contributed by atoms with Gasteiger partial charge in [0.25, 0.3) is 0 Å². The molecule has 7 nitrogen and oxygen atoms in total. The molecule has 19 heavy (non-hydrogen) atoms. The largest absolute Gasteiger partial charge is 0.328 e. The predicted octanol–water partition coefficient (Wildman–Crippen LogP) is 0.593. The van der Waals surface area contributed by atoms with Gasteiger partial charge in [0, 0.05) is 24.7 Å². The van der Waals surface area contributed by atoms with Crippen LogP contribution in [0.15, 0.2) is 24.8 Å². The Labute approximate surface area is 107 Å². The van der Waals surface area contributed by atoms with Gasteiger partial charge in [-0.25, -0.2) is 9.78 Å². The van der Waals surface area contributed by atoms with Gasteiger partial charge in [-0.05, 0) is 6.07 Å². The summed E-state index contributed by atoms with van der Waals surface area (Å²) in [5, 5.41) is 2.25. The van der Waals surface area contributed by atoms with Gasteiger partial charge in [-0.3, -0.25) is 19.8 Å². The molecule has 0 aromatic carbocycles. The lowest BCUT2D eigenvalue weighted by Crippen LogP contribution is -2.49. The quantitative estimate of drug-likeness (QED) is 0.799. The van der Waals surface area contributed by atoms with Crippen LogP contribution in [0.2, 0.25) is 0 Å². The third kappa shape index (κ3) is 1.85. The van der Waals surface area contributed by atoms with Crippen molar-refractivity contribution in [3.8, 4) is 0 Å². The molecule has 1 aliphatic heterocycles. The second-order valence-electron chi connectivity index (χ2n) is 4.22. The van der Waals surface area contributed by atoms with Gasteiger partial charge in [0.05, 0.1) is 23.7 Å². The molecule has 0 atom stereocenters. The van der Waals surface area contributed by atoms with E-state index in [0.29, 0.717) is 23.1 Å². The van der Waals surface area contributed by atoms with E-state index >= 15 is 0 Å². The van der Waals surface area contributed by atoms with Crippen molar-refractivity contribution in [2.75, 3.05) is 11.4 Å². The molecule has 0 radical (unpaired) electrons. The van der Waals surface area contributed by atoms with Gasteiger partial charge in [-0.15, -0.1) is 0 Å². The summed E-state index contributed by atoms with van der Waals surface area (Å²) in [6.45, 7) is 0.286. The van der Waals surface area contributed by atoms with Crippen molar-refractivity contribution in [2.24, 2.45) is 0 Å². The molecular weight excluding hydrogens is 248 g/mol. The molecule has 1 fully saturated rings. The van der Waals surface area contributed by atoms with Crippen molar-refractivity contribution in [2.45, 2.75) is 6.42 Å². The summed E-state index contributed by atoms with van der Waals surface area (Å²) in [4.78, 5) is 39.4. The average Bonchev–Trinajstić information content (AvgIpc) is 2.86. The average molecular weight is 258 g/mol. The van der Waals surface area contributed by atoms with Crippen molar-refractivity contribution in [1.82, 2.24) is 14.7 Å². The lowest BCUT2D eigenvalue weighted by atomic mass is 10.2. The number of nitrogens with zero attached hydrogens (tertiary/aromatic N) is 3. The normalized spacial score (nSPS) is 15.7. The predicted molar refractivity (Wildman–Crippen MR) is 66.1 cm³/mol. The minimum absolute atomic E-state index is 0.233. The van der Waals surface area contributed by atoms with E-state index in [1.54, 1.807) is 29.2 Å². The van der Waals surface area contributed by atoms with Gasteiger partial charge in [-0.2, -0.15) is 0 Å². The van der Waals surface area contributed by atoms with E-state index in [0.717, 1.165) is 0 Å². The first-order valence-electron chi connectivity index (χ1n) is 5.71. The number of carbonyl (C=O) groups is 3. The highest BCUT2D eigenvalue weighted by Gasteiger charge is 2.26. The van der Waals surface area contributed by atoms with Crippen LogP contribution in [0.5, 0.6) is 0 Å². The van der Waals surface area contributed by atoms with Crippen LogP contribution in [0.3, 0.4) is 0 Å². The highest BCUT2D eigenvalue weighted by Crippen LogP contribution is 2.24. The summed E-state index contributed by atoms with van der Waals surface area (Å²) in [6.07, 6.45) is 5.73. The van der Waals surface area contributed by atoms with Crippen LogP contribution < -0.4 is 10.2 Å². The topological polar surface area (TPSA) is 83.8 Å². The molecule has 2 aromatic rings. The van der Waals surface area contributed by atoms with Gasteiger partial charge in [0.2, 0.25) is 5.91 Å². The maximum atomic E-state index is 11.8. The van der Waals surface area contributed by atoms with Gasteiger partial charge in [-0.1, -0.05) is 0 Å². The first-order valence-corrected chi connectivity index (χ1v) is 5.71. The highest BCUT2D eigenvalue weighted by molar-refractivity contribution is 6.07. The zero-order chi connectivity index (χ0) is 13.4. The zero-order valence-corrected chi connectivity index (χ0v) is 9.87. The first-order chi connectivity index (χ1) is 9.19. The number of hydrogen-bond donors (Lipinski definition) is 1. The van der Waals surface area contributed by atoms with E-state index in [1.165, 1.54) is 4.90 Å². The Hall–Kier alpha value is -2.70. The van der Waals surface area contributed by atoms with Crippen LogP contribution in [-0.2, 0) is 4.79 Å². The summed E-state index contributed by atoms with van der Waals surface area (Å²) >= 11 is 0. The van der Waals surface area contributed by atoms with Gasteiger partial charge >= 0.3 is 6.03 Å². The molecule has 1 aliphatic rings. The van der Waals surface area contributed by atoms with E-state index in [2.05, 4.69) is 10.3 Å². The van der Waals surface area contributed by atoms with Crippen molar-refractivity contribution < 1.29 is 14.4 Å². The lowest BCUT2D eigenvalue weighted by molar-refractivity contribution is -0.120. The number of imidazole rings is 1. The Morgan fingerprint density at radius 1 is 1.37 bits per heavy atom. The van der Waals surface area contributed by atoms with Crippen molar-refractivity contribution >= 4 is 29.4 Å². The number of hydrogen-bond acceptors (Lipinski definition) is 4. The number of pyridine rings is 1. The Bertz CT molecular complexity index is 691. The Morgan fingerprint density at radius 2 is 2.21 bits per heavy atom. The van der Waals surface area contributed by atoms with Crippen molar-refractivity contribution in [3.63, 3.8) is 0 Å². The van der Waals surface area contributed by atoms with Crippen LogP contribution in [0.4, 0.5) is 10.5 Å². The number of amides is 3. The van der Waals surface area contributed by atoms with Crippen LogP contribution >= 0.6 is 0 Å². The number of nitrogens with one attached hydrogen (secondary N) is 1. The number of fused-ring (bicyclic) bond motifs is 1. The molecule has 96 valence electrons. The number of anilines is 1. The fourth-order valence-corrected chi connectivity index (χ4v) is 2.11. The molecule has 0 aliphatic carbocycles. The molecular formula is C12H10N4O3. The van der Waals surface area contributed by atoms with E-state index in [4.69, 9.17) is 0 Å². The molecule has 7 heteroatoms. The number of aldehydes is 1. The zero-order valence-electron chi connectivity index (χ0n) is 9.87. The minimum Gasteiger partial charge on any atom is -0.304 e. The summed E-state index contributed by atoms with van der Waals surface area (Å²) in [5.74, 6) is -0.294. The summed E-state index contributed by atoms with van der Waals surface area (Å²) < 4.78 is 1.67. The molecule has 1 saturated heterocycles. The lowest BCUT2D eigenvalue weighted by Gasteiger charge is -2.27. The highest BCUT2D eigenvalue weighted by atomic mass is 16.2. The summed E-state index contributed by atoms with van der Waals surface area (Å²) in [7, 11) is 0. The van der Waals surface area contributed by atoms with Crippen LogP contribution in [0.25, 0.3) is 5.52 Å². The molecule has 0 bridgehead atoms. The summed E-state index contributed by atoms with van der Waals surface area (Å²) in [5.41, 5.74) is 1.70. The van der Waals surface area contributed by atoms with Crippen molar-refractivity contribution in [1.29, 1.82) is 0 Å². The Balaban J connectivity index is 2.13. The summed E-state index contributed by atoms with van der Waals surface area (Å²) in [6, 6.07) is 1.13. The van der Waals surface area contributed by atoms with Crippen molar-refractivity contribution in [3.05, 3.63) is 30.4 Å². The first kappa shape index (κ1) is 11.4. The van der Waals surface area contributed by atoms with E-state index < -0.39 is 6.03 Å². The molecule has 0 saturated carbocycles. The molecule has 0 unspecified atom stereocenters. The monoisotopic (exact) mass is 258 g/mol. The van der Waals surface area contributed by atoms with Crippen LogP contribution in [-0.4, -0.2) is 34.2 Å². The number of imide groups is 1. The third-order valence-corrected chi connectivity index (χ3v) is 3.00. The second kappa shape index (κ2) is 4.20. The van der Waals surface area contributed by atoms with Gasteiger partial charge < -0.3 is 4.40 Å². The molecule has 3 heterocycles. The second-order valence-corrected chi connectivity index (χ2v) is 4.22. The smallest absolute Gasteiger partial charge is 0.304 e. The Kier molecular flexibility index (Phi) is 2.52. The van der Waals surface area contributed by atoms with Crippen LogP contribution in [0, 0.1) is 0 Å². The fourth-order valence-electron chi connectivity index (χ4n) is 2.11. The standard InChI is InChI=1S/C12H10N4O3/c17-6-8-3-9(10-4-13-7-15(10)5-8)16-2-1-11(18)14-12(16)19/h3-7H,1-2H2,(H,14,18,19). The number of aromatic nitrogens is 2. The Morgan fingerprint density at radius 3 is 2.95 bits per heavy atom. The molecule has 3 amide bonds. The SMILES string of the molecule is O=Cc1cc(N2CCC(=O)NC2=O)c2cncn2c1. The maximum Gasteiger partial charge on any atom is 0.328 e. The van der Waals surface area contributed by atoms with Gasteiger partial charge in [0.15, 0.2) is 6.29 Å². The number of urea groups is 1. The molecule has 2 aromatic heterocycles. The fraction of sp³-hybridized carbons (Fsp3) is 0.167. The number of rotatable bonds is 2. The van der Waals surface area contributed by atoms with E-state index in [9.17, 15) is 14.4 Å². The van der Waals surface area contributed by atoms with E-state index in [1.807, 2.05) is 0 Å². The molecule has 3 rings (SSSR count). The molecule has 1 N–H and O–H groups in total. The molecule has 0 spiro atoms. The number of carbonyl (C=O) groups excluding carboxylic acids is 3.